The third kappa shape index (κ3) is 3.43. The van der Waals surface area contributed by atoms with Crippen molar-refractivity contribution in [3.05, 3.63) is 17.0 Å². The normalized spacial score (nSPS) is 17.5. The molecule has 6 heteroatoms. The predicted molar refractivity (Wildman–Crippen MR) is 87.3 cm³/mol. The Labute approximate surface area is 131 Å². The van der Waals surface area contributed by atoms with Gasteiger partial charge in [-0.05, 0) is 32.6 Å². The molecule has 1 aliphatic rings. The van der Waals surface area contributed by atoms with Gasteiger partial charge in [0.15, 0.2) is 0 Å². The molecule has 0 radical (unpaired) electrons. The molecule has 1 aliphatic carbocycles. The second-order valence-electron chi connectivity index (χ2n) is 5.92. The monoisotopic (exact) mass is 308 g/mol. The van der Waals surface area contributed by atoms with Crippen LogP contribution < -0.4 is 11.1 Å². The number of nitrogens with zero attached hydrogens (tertiary/aromatic N) is 2. The molecular weight excluding hydrogens is 284 g/mol. The van der Waals surface area contributed by atoms with Crippen LogP contribution in [0.4, 0.5) is 0 Å². The Morgan fingerprint density at radius 2 is 2.00 bits per heavy atom. The molecule has 1 fully saturated rings. The highest BCUT2D eigenvalue weighted by Crippen LogP contribution is 2.27. The second kappa shape index (κ2) is 6.56. The maximum Gasteiger partial charge on any atom is 0.255 e. The van der Waals surface area contributed by atoms with Gasteiger partial charge in [0.25, 0.3) is 5.91 Å². The molecular formula is C15H24N4OS. The Kier molecular flexibility index (Phi) is 4.98. The molecule has 3 N–H and O–H groups in total. The molecule has 2 rings (SSSR count). The van der Waals surface area contributed by atoms with Gasteiger partial charge in [-0.2, -0.15) is 5.10 Å². The summed E-state index contributed by atoms with van der Waals surface area (Å²) in [5, 5.41) is 7.33. The van der Waals surface area contributed by atoms with Crippen LogP contribution in [0.3, 0.4) is 0 Å². The first kappa shape index (κ1) is 15.9. The van der Waals surface area contributed by atoms with E-state index >= 15 is 0 Å². The van der Waals surface area contributed by atoms with E-state index in [1.54, 1.807) is 4.68 Å². The van der Waals surface area contributed by atoms with Crippen LogP contribution >= 0.6 is 12.2 Å². The lowest BCUT2D eigenvalue weighted by atomic mass is 9.83. The number of carbonyl (C=O) groups excluding carboxylic acids is 1. The highest BCUT2D eigenvalue weighted by Gasteiger charge is 2.29. The van der Waals surface area contributed by atoms with Gasteiger partial charge >= 0.3 is 0 Å². The summed E-state index contributed by atoms with van der Waals surface area (Å²) in [6.07, 6.45) is 5.78. The van der Waals surface area contributed by atoms with Gasteiger partial charge in [0.1, 0.15) is 0 Å². The van der Waals surface area contributed by atoms with E-state index in [2.05, 4.69) is 10.4 Å². The zero-order valence-corrected chi connectivity index (χ0v) is 13.8. The maximum atomic E-state index is 12.6. The number of hydrogen-bond donors (Lipinski definition) is 2. The Balaban J connectivity index is 2.16. The van der Waals surface area contributed by atoms with Crippen molar-refractivity contribution >= 4 is 23.1 Å². The van der Waals surface area contributed by atoms with Crippen LogP contribution in [0.1, 0.15) is 53.8 Å². The number of hydrogen-bond acceptors (Lipinski definition) is 3. The second-order valence-corrected chi connectivity index (χ2v) is 6.39. The number of thiocarbonyl (C=S) groups is 1. The van der Waals surface area contributed by atoms with Crippen molar-refractivity contribution in [2.24, 2.45) is 18.7 Å². The van der Waals surface area contributed by atoms with E-state index in [4.69, 9.17) is 18.0 Å². The fraction of sp³-hybridized carbons (Fsp3) is 0.667. The van der Waals surface area contributed by atoms with Crippen LogP contribution in [0.15, 0.2) is 0 Å². The van der Waals surface area contributed by atoms with Crippen molar-refractivity contribution in [2.45, 2.75) is 52.0 Å². The van der Waals surface area contributed by atoms with Crippen molar-refractivity contribution in [1.82, 2.24) is 15.1 Å². The Bertz CT molecular complexity index is 546. The van der Waals surface area contributed by atoms with E-state index in [1.807, 2.05) is 20.9 Å². The smallest absolute Gasteiger partial charge is 0.255 e. The first-order chi connectivity index (χ1) is 9.91. The molecule has 1 saturated carbocycles. The van der Waals surface area contributed by atoms with Gasteiger partial charge in [-0.1, -0.05) is 31.5 Å². The maximum absolute atomic E-state index is 12.6. The molecule has 0 aromatic carbocycles. The quantitative estimate of drug-likeness (QED) is 0.835. The van der Waals surface area contributed by atoms with E-state index in [-0.39, 0.29) is 11.9 Å². The average Bonchev–Trinajstić information content (AvgIpc) is 2.70. The fourth-order valence-electron chi connectivity index (χ4n) is 3.20. The molecule has 0 bridgehead atoms. The van der Waals surface area contributed by atoms with Crippen LogP contribution in [0.5, 0.6) is 0 Å². The van der Waals surface area contributed by atoms with Gasteiger partial charge in [0.05, 0.1) is 22.3 Å². The van der Waals surface area contributed by atoms with Crippen LogP contribution in [0, 0.1) is 19.8 Å². The lowest BCUT2D eigenvalue weighted by Gasteiger charge is -2.30. The van der Waals surface area contributed by atoms with E-state index < -0.39 is 0 Å². The largest absolute Gasteiger partial charge is 0.392 e. The van der Waals surface area contributed by atoms with Crippen LogP contribution in [-0.4, -0.2) is 26.7 Å². The molecule has 0 aliphatic heterocycles. The summed E-state index contributed by atoms with van der Waals surface area (Å²) < 4.78 is 1.72. The Morgan fingerprint density at radius 1 is 1.38 bits per heavy atom. The molecule has 116 valence electrons. The summed E-state index contributed by atoms with van der Waals surface area (Å²) in [6, 6.07) is -0.216. The van der Waals surface area contributed by atoms with Crippen molar-refractivity contribution in [1.29, 1.82) is 0 Å². The van der Waals surface area contributed by atoms with E-state index in [0.29, 0.717) is 16.5 Å². The minimum Gasteiger partial charge on any atom is -0.392 e. The Morgan fingerprint density at radius 3 is 2.48 bits per heavy atom. The summed E-state index contributed by atoms with van der Waals surface area (Å²) in [6.45, 7) is 3.74. The zero-order valence-electron chi connectivity index (χ0n) is 13.0. The molecule has 1 aromatic rings. The molecule has 1 unspecified atom stereocenters. The first-order valence-corrected chi connectivity index (χ1v) is 7.93. The van der Waals surface area contributed by atoms with Gasteiger partial charge in [0.2, 0.25) is 0 Å². The number of nitrogens with one attached hydrogen (secondary N) is 1. The minimum atomic E-state index is -0.216. The molecule has 0 saturated heterocycles. The summed E-state index contributed by atoms with van der Waals surface area (Å²) in [5.41, 5.74) is 8.10. The van der Waals surface area contributed by atoms with Crippen molar-refractivity contribution in [2.75, 3.05) is 0 Å². The number of rotatable bonds is 4. The fourth-order valence-corrected chi connectivity index (χ4v) is 3.46. The number of nitrogens with two attached hydrogens (primary N) is 1. The SMILES string of the molecule is Cc1nn(C)c(C)c1C(=O)NC(C(N)=S)C1CCCCC1. The standard InChI is InChI=1S/C15H24N4OS/c1-9-12(10(2)19(3)18-9)15(20)17-13(14(16)21)11-7-5-4-6-8-11/h11,13H,4-8H2,1-3H3,(H2,16,21)(H,17,20). The summed E-state index contributed by atoms with van der Waals surface area (Å²) in [7, 11) is 1.84. The number of amides is 1. The third-order valence-electron chi connectivity index (χ3n) is 4.45. The van der Waals surface area contributed by atoms with Gasteiger partial charge in [-0.3, -0.25) is 9.48 Å². The van der Waals surface area contributed by atoms with Crippen LogP contribution in [0.2, 0.25) is 0 Å². The van der Waals surface area contributed by atoms with Crippen molar-refractivity contribution in [3.8, 4) is 0 Å². The Hall–Kier alpha value is -1.43. The molecule has 5 nitrogen and oxygen atoms in total. The van der Waals surface area contributed by atoms with Gasteiger partial charge < -0.3 is 11.1 Å². The molecule has 1 atom stereocenters. The highest BCUT2D eigenvalue weighted by molar-refractivity contribution is 7.80. The average molecular weight is 308 g/mol. The minimum absolute atomic E-state index is 0.124. The predicted octanol–water partition coefficient (Wildman–Crippen LogP) is 2.00. The molecule has 0 spiro atoms. The van der Waals surface area contributed by atoms with Crippen molar-refractivity contribution < 1.29 is 4.79 Å². The van der Waals surface area contributed by atoms with Gasteiger partial charge in [-0.15, -0.1) is 0 Å². The number of aryl methyl sites for hydroxylation is 2. The van der Waals surface area contributed by atoms with Crippen LogP contribution in [0.25, 0.3) is 0 Å². The summed E-state index contributed by atoms with van der Waals surface area (Å²) in [5.74, 6) is 0.235. The third-order valence-corrected chi connectivity index (χ3v) is 4.70. The topological polar surface area (TPSA) is 72.9 Å². The van der Waals surface area contributed by atoms with E-state index in [0.717, 1.165) is 24.2 Å². The van der Waals surface area contributed by atoms with Crippen LogP contribution in [-0.2, 0) is 7.05 Å². The molecule has 21 heavy (non-hydrogen) atoms. The lowest BCUT2D eigenvalue weighted by molar-refractivity contribution is 0.0930. The summed E-state index contributed by atoms with van der Waals surface area (Å²) >= 11 is 5.18. The number of aromatic nitrogens is 2. The number of carbonyl (C=O) groups is 1. The molecule has 1 aromatic heterocycles. The lowest BCUT2D eigenvalue weighted by Crippen LogP contribution is -2.49. The zero-order chi connectivity index (χ0) is 15.6. The van der Waals surface area contributed by atoms with Gasteiger partial charge in [-0.25, -0.2) is 0 Å². The molecule has 1 heterocycles. The van der Waals surface area contributed by atoms with Gasteiger partial charge in [0, 0.05) is 12.7 Å². The first-order valence-electron chi connectivity index (χ1n) is 7.52. The van der Waals surface area contributed by atoms with Crippen molar-refractivity contribution in [3.63, 3.8) is 0 Å². The van der Waals surface area contributed by atoms with E-state index in [9.17, 15) is 4.79 Å². The van der Waals surface area contributed by atoms with E-state index in [1.165, 1.54) is 19.3 Å². The highest BCUT2D eigenvalue weighted by atomic mass is 32.1. The molecule has 1 amide bonds. The summed E-state index contributed by atoms with van der Waals surface area (Å²) in [4.78, 5) is 13.0.